The van der Waals surface area contributed by atoms with Crippen molar-refractivity contribution in [3.05, 3.63) is 58.5 Å². The van der Waals surface area contributed by atoms with Crippen LogP contribution >= 0.6 is 0 Å². The van der Waals surface area contributed by atoms with Crippen molar-refractivity contribution in [3.63, 3.8) is 0 Å². The summed E-state index contributed by atoms with van der Waals surface area (Å²) in [4.78, 5) is 13.1. The highest BCUT2D eigenvalue weighted by Crippen LogP contribution is 2.22. The number of fused-ring (bicyclic) bond motifs is 1. The fourth-order valence-electron chi connectivity index (χ4n) is 1.64. The second-order valence-corrected chi connectivity index (χ2v) is 3.65. The van der Waals surface area contributed by atoms with Gasteiger partial charge in [-0.3, -0.25) is 0 Å². The number of rotatable bonds is 3. The van der Waals surface area contributed by atoms with Crippen LogP contribution in [0, 0.1) is 0 Å². The monoisotopic (exact) mass is 239 g/mol. The van der Waals surface area contributed by atoms with Gasteiger partial charge in [0.1, 0.15) is 0 Å². The summed E-state index contributed by atoms with van der Waals surface area (Å²) in [5.41, 5.74) is 9.71. The van der Waals surface area contributed by atoms with E-state index in [9.17, 15) is 4.79 Å². The molecule has 0 aliphatic heterocycles. The number of azide groups is 1. The molecule has 88 valence electrons. The zero-order valence-corrected chi connectivity index (χ0v) is 9.32. The Morgan fingerprint density at radius 3 is 2.67 bits per heavy atom. The van der Waals surface area contributed by atoms with Crippen LogP contribution in [0.4, 0.5) is 5.69 Å². The minimum atomic E-state index is -0.978. The summed E-state index contributed by atoms with van der Waals surface area (Å²) < 4.78 is 0. The molecule has 1 N–H and O–H groups in total. The molecule has 0 aliphatic carbocycles. The first kappa shape index (κ1) is 11.7. The van der Waals surface area contributed by atoms with Crippen LogP contribution in [0.25, 0.3) is 27.3 Å². The van der Waals surface area contributed by atoms with Crippen molar-refractivity contribution in [2.75, 3.05) is 0 Å². The van der Waals surface area contributed by atoms with E-state index in [2.05, 4.69) is 10.0 Å². The first-order chi connectivity index (χ1) is 8.69. The third-order valence-corrected chi connectivity index (χ3v) is 2.43. The molecule has 2 aromatic carbocycles. The molecule has 0 aliphatic rings. The summed E-state index contributed by atoms with van der Waals surface area (Å²) in [6, 6.07) is 10.9. The predicted molar refractivity (Wildman–Crippen MR) is 69.4 cm³/mol. The summed E-state index contributed by atoms with van der Waals surface area (Å²) in [6.07, 6.45) is 2.62. The smallest absolute Gasteiger partial charge is 0.328 e. The van der Waals surface area contributed by atoms with Crippen LogP contribution in [0.3, 0.4) is 0 Å². The second-order valence-electron chi connectivity index (χ2n) is 3.65. The van der Waals surface area contributed by atoms with Crippen LogP contribution in [0.5, 0.6) is 0 Å². The van der Waals surface area contributed by atoms with Crippen molar-refractivity contribution in [3.8, 4) is 0 Å². The zero-order chi connectivity index (χ0) is 13.0. The van der Waals surface area contributed by atoms with Gasteiger partial charge in [-0.1, -0.05) is 29.4 Å². The number of carboxylic acid groups (broad SMARTS) is 1. The van der Waals surface area contributed by atoms with E-state index in [4.69, 9.17) is 10.6 Å². The van der Waals surface area contributed by atoms with Crippen LogP contribution in [-0.2, 0) is 4.79 Å². The highest BCUT2D eigenvalue weighted by Gasteiger charge is 1.96. The van der Waals surface area contributed by atoms with Gasteiger partial charge in [-0.2, -0.15) is 0 Å². The summed E-state index contributed by atoms with van der Waals surface area (Å²) in [5.74, 6) is -0.978. The standard InChI is InChI=1S/C13H9N3O2/c14-16-15-12-5-4-10-7-9(2-6-13(17)18)1-3-11(10)8-12/h1-8H,(H,17,18)/b6-2+. The lowest BCUT2D eigenvalue weighted by Gasteiger charge is -2.00. The van der Waals surface area contributed by atoms with Gasteiger partial charge in [0.05, 0.1) is 0 Å². The quantitative estimate of drug-likeness (QED) is 0.381. The van der Waals surface area contributed by atoms with Gasteiger partial charge >= 0.3 is 5.97 Å². The molecule has 2 aromatic rings. The van der Waals surface area contributed by atoms with E-state index in [0.717, 1.165) is 22.4 Å². The van der Waals surface area contributed by atoms with Gasteiger partial charge in [-0.05, 0) is 40.1 Å². The molecule has 0 radical (unpaired) electrons. The highest BCUT2D eigenvalue weighted by molar-refractivity contribution is 5.89. The molecule has 0 spiro atoms. The average molecular weight is 239 g/mol. The van der Waals surface area contributed by atoms with Crippen molar-refractivity contribution in [2.24, 2.45) is 5.11 Å². The second kappa shape index (κ2) is 5.03. The first-order valence-electron chi connectivity index (χ1n) is 5.19. The van der Waals surface area contributed by atoms with Crippen LogP contribution in [0.15, 0.2) is 47.6 Å². The maximum Gasteiger partial charge on any atom is 0.328 e. The fourth-order valence-corrected chi connectivity index (χ4v) is 1.64. The van der Waals surface area contributed by atoms with Gasteiger partial charge < -0.3 is 5.11 Å². The number of nitrogens with zero attached hydrogens (tertiary/aromatic N) is 3. The molecule has 0 heterocycles. The van der Waals surface area contributed by atoms with E-state index in [1.807, 2.05) is 24.3 Å². The number of benzene rings is 2. The van der Waals surface area contributed by atoms with Gasteiger partial charge in [0.15, 0.2) is 0 Å². The minimum Gasteiger partial charge on any atom is -0.478 e. The van der Waals surface area contributed by atoms with Gasteiger partial charge in [0.25, 0.3) is 0 Å². The van der Waals surface area contributed by atoms with Crippen LogP contribution in [0.2, 0.25) is 0 Å². The fraction of sp³-hybridized carbons (Fsp3) is 0. The predicted octanol–water partition coefficient (Wildman–Crippen LogP) is 3.88. The molecule has 2 rings (SSSR count). The Balaban J connectivity index is 2.44. The molecule has 0 atom stereocenters. The number of hydrogen-bond donors (Lipinski definition) is 1. The van der Waals surface area contributed by atoms with E-state index >= 15 is 0 Å². The number of hydrogen-bond acceptors (Lipinski definition) is 2. The Bertz CT molecular complexity index is 686. The number of aliphatic carboxylic acids is 1. The van der Waals surface area contributed by atoms with Gasteiger partial charge in [0.2, 0.25) is 0 Å². The van der Waals surface area contributed by atoms with E-state index in [-0.39, 0.29) is 0 Å². The minimum absolute atomic E-state index is 0.554. The molecule has 0 bridgehead atoms. The van der Waals surface area contributed by atoms with Gasteiger partial charge in [-0.15, -0.1) is 0 Å². The third-order valence-electron chi connectivity index (χ3n) is 2.43. The third kappa shape index (κ3) is 2.66. The van der Waals surface area contributed by atoms with Crippen LogP contribution in [-0.4, -0.2) is 11.1 Å². The molecule has 0 unspecified atom stereocenters. The molecule has 0 saturated carbocycles. The lowest BCUT2D eigenvalue weighted by Crippen LogP contribution is -1.85. The molecule has 18 heavy (non-hydrogen) atoms. The summed E-state index contributed by atoms with van der Waals surface area (Å²) >= 11 is 0. The van der Waals surface area contributed by atoms with Crippen molar-refractivity contribution in [2.45, 2.75) is 0 Å². The maximum atomic E-state index is 10.4. The van der Waals surface area contributed by atoms with Gasteiger partial charge in [-0.25, -0.2) is 4.79 Å². The van der Waals surface area contributed by atoms with E-state index in [1.54, 1.807) is 12.1 Å². The molecule has 0 fully saturated rings. The van der Waals surface area contributed by atoms with E-state index < -0.39 is 5.97 Å². The highest BCUT2D eigenvalue weighted by atomic mass is 16.4. The van der Waals surface area contributed by atoms with Crippen LogP contribution < -0.4 is 0 Å². The first-order valence-corrected chi connectivity index (χ1v) is 5.19. The topological polar surface area (TPSA) is 86.1 Å². The molecule has 5 heteroatoms. The molecule has 5 nitrogen and oxygen atoms in total. The normalized spacial score (nSPS) is 10.4. The lowest BCUT2D eigenvalue weighted by molar-refractivity contribution is -0.131. The Morgan fingerprint density at radius 1 is 1.22 bits per heavy atom. The molecule has 0 aromatic heterocycles. The molecular weight excluding hydrogens is 230 g/mol. The summed E-state index contributed by atoms with van der Waals surface area (Å²) in [7, 11) is 0. The number of carboxylic acids is 1. The zero-order valence-electron chi connectivity index (χ0n) is 9.32. The largest absolute Gasteiger partial charge is 0.478 e. The number of carbonyl (C=O) groups is 1. The summed E-state index contributed by atoms with van der Waals surface area (Å²) in [6.45, 7) is 0. The Labute approximate surface area is 103 Å². The lowest BCUT2D eigenvalue weighted by atomic mass is 10.1. The molecule has 0 saturated heterocycles. The Kier molecular flexibility index (Phi) is 3.27. The van der Waals surface area contributed by atoms with E-state index in [0.29, 0.717) is 5.69 Å². The van der Waals surface area contributed by atoms with Crippen molar-refractivity contribution >= 4 is 28.5 Å². The van der Waals surface area contributed by atoms with Crippen molar-refractivity contribution < 1.29 is 9.90 Å². The average Bonchev–Trinajstić information content (AvgIpc) is 2.36. The SMILES string of the molecule is [N-]=[N+]=Nc1ccc2cc(/C=C/C(=O)O)ccc2c1. The van der Waals surface area contributed by atoms with Crippen LogP contribution in [0.1, 0.15) is 5.56 Å². The molecular formula is C13H9N3O2. The Morgan fingerprint density at radius 2 is 1.94 bits per heavy atom. The van der Waals surface area contributed by atoms with Gasteiger partial charge in [0, 0.05) is 16.7 Å². The van der Waals surface area contributed by atoms with Crippen molar-refractivity contribution in [1.29, 1.82) is 0 Å². The Hall–Kier alpha value is -2.78. The van der Waals surface area contributed by atoms with Crippen molar-refractivity contribution in [1.82, 2.24) is 0 Å². The van der Waals surface area contributed by atoms with E-state index in [1.165, 1.54) is 6.08 Å². The molecule has 0 amide bonds. The summed E-state index contributed by atoms with van der Waals surface area (Å²) in [5, 5.41) is 14.0. The maximum absolute atomic E-state index is 10.4.